The molecule has 0 heteroatoms. The van der Waals surface area contributed by atoms with E-state index in [0.717, 1.165) is 12.8 Å². The molecule has 0 spiro atoms. The molecule has 2 rings (SSSR count). The molecule has 0 heterocycles. The van der Waals surface area contributed by atoms with Crippen molar-refractivity contribution in [1.29, 1.82) is 0 Å². The minimum Gasteiger partial charge on any atom is -0.0805 e. The first kappa shape index (κ1) is 13.1. The molecule has 0 amide bonds. The molecular weight excluding hydrogens is 216 g/mol. The first-order chi connectivity index (χ1) is 8.63. The van der Waals surface area contributed by atoms with Crippen LogP contribution >= 0.6 is 0 Å². The van der Waals surface area contributed by atoms with E-state index in [4.69, 9.17) is 0 Å². The molecule has 0 nitrogen and oxygen atoms in total. The van der Waals surface area contributed by atoms with Crippen LogP contribution in [0.15, 0.2) is 42.5 Å². The maximum absolute atomic E-state index is 2.37. The van der Waals surface area contributed by atoms with E-state index in [1.54, 1.807) is 5.56 Å². The molecule has 1 aromatic carbocycles. The van der Waals surface area contributed by atoms with Gasteiger partial charge in [0.15, 0.2) is 0 Å². The molecular formula is C18H24. The molecule has 1 aliphatic rings. The van der Waals surface area contributed by atoms with Crippen molar-refractivity contribution in [1.82, 2.24) is 0 Å². The number of benzene rings is 1. The molecule has 0 aliphatic heterocycles. The van der Waals surface area contributed by atoms with Gasteiger partial charge in [-0.2, -0.15) is 0 Å². The molecule has 0 fully saturated rings. The van der Waals surface area contributed by atoms with Crippen molar-refractivity contribution in [2.45, 2.75) is 46.0 Å². The molecule has 0 saturated carbocycles. The first-order valence-corrected chi connectivity index (χ1v) is 7.10. The molecule has 1 aliphatic carbocycles. The van der Waals surface area contributed by atoms with Gasteiger partial charge in [-0.1, -0.05) is 70.2 Å². The average molecular weight is 240 g/mol. The van der Waals surface area contributed by atoms with Gasteiger partial charge in [0, 0.05) is 5.41 Å². The minimum absolute atomic E-state index is 0.144. The van der Waals surface area contributed by atoms with Gasteiger partial charge in [0.05, 0.1) is 0 Å². The van der Waals surface area contributed by atoms with Gasteiger partial charge in [-0.25, -0.2) is 0 Å². The summed E-state index contributed by atoms with van der Waals surface area (Å²) >= 11 is 0. The highest BCUT2D eigenvalue weighted by atomic mass is 14.4. The molecule has 2 atom stereocenters. The summed E-state index contributed by atoms with van der Waals surface area (Å²) in [5.74, 6) is 0.555. The molecule has 1 aromatic rings. The van der Waals surface area contributed by atoms with Crippen molar-refractivity contribution in [2.24, 2.45) is 5.92 Å². The van der Waals surface area contributed by atoms with E-state index in [0.29, 0.717) is 5.92 Å². The highest BCUT2D eigenvalue weighted by Crippen LogP contribution is 2.39. The van der Waals surface area contributed by atoms with E-state index in [1.807, 2.05) is 0 Å². The van der Waals surface area contributed by atoms with Gasteiger partial charge in [0.1, 0.15) is 0 Å². The molecule has 0 radical (unpaired) electrons. The van der Waals surface area contributed by atoms with Crippen molar-refractivity contribution >= 4 is 0 Å². The monoisotopic (exact) mass is 240 g/mol. The Kier molecular flexibility index (Phi) is 3.75. The van der Waals surface area contributed by atoms with Crippen LogP contribution in [0.3, 0.4) is 0 Å². The zero-order chi connectivity index (χ0) is 13.2. The highest BCUT2D eigenvalue weighted by molar-refractivity contribution is 5.45. The van der Waals surface area contributed by atoms with Gasteiger partial charge in [-0.15, -0.1) is 0 Å². The van der Waals surface area contributed by atoms with Crippen LogP contribution in [0, 0.1) is 5.92 Å². The smallest absolute Gasteiger partial charge is 0.0170 e. The zero-order valence-electron chi connectivity index (χ0n) is 12.0. The summed E-state index contributed by atoms with van der Waals surface area (Å²) in [7, 11) is 0. The van der Waals surface area contributed by atoms with Crippen molar-refractivity contribution < 1.29 is 0 Å². The van der Waals surface area contributed by atoms with Crippen molar-refractivity contribution in [3.8, 4) is 0 Å². The van der Waals surface area contributed by atoms with Gasteiger partial charge in [0.25, 0.3) is 0 Å². The SMILES string of the molecule is CCc1cccc(C2(C)C=CC=CC2C)c1CC. The predicted octanol–water partition coefficient (Wildman–Crippen LogP) is 4.83. The Labute approximate surface area is 111 Å². The van der Waals surface area contributed by atoms with E-state index in [2.05, 4.69) is 70.2 Å². The number of allylic oxidation sites excluding steroid dienone is 4. The van der Waals surface area contributed by atoms with Gasteiger partial charge >= 0.3 is 0 Å². The normalized spacial score (nSPS) is 26.6. The van der Waals surface area contributed by atoms with Crippen molar-refractivity contribution in [3.63, 3.8) is 0 Å². The van der Waals surface area contributed by atoms with Crippen LogP contribution in [0.4, 0.5) is 0 Å². The van der Waals surface area contributed by atoms with E-state index in [9.17, 15) is 0 Å². The number of hydrogen-bond acceptors (Lipinski definition) is 0. The summed E-state index contributed by atoms with van der Waals surface area (Å²) in [6.45, 7) is 9.21. The highest BCUT2D eigenvalue weighted by Gasteiger charge is 2.32. The summed E-state index contributed by atoms with van der Waals surface area (Å²) in [4.78, 5) is 0. The minimum atomic E-state index is 0.144. The summed E-state index contributed by atoms with van der Waals surface area (Å²) in [6, 6.07) is 6.81. The van der Waals surface area contributed by atoms with Crippen LogP contribution in [-0.4, -0.2) is 0 Å². The second-order valence-electron chi connectivity index (χ2n) is 5.47. The maximum Gasteiger partial charge on any atom is 0.0170 e. The Morgan fingerprint density at radius 1 is 1.11 bits per heavy atom. The van der Waals surface area contributed by atoms with E-state index < -0.39 is 0 Å². The Hall–Kier alpha value is -1.30. The Bertz CT molecular complexity index is 479. The lowest BCUT2D eigenvalue weighted by atomic mass is 9.68. The standard InChI is InChI=1S/C18H24/c1-5-15-11-9-12-17(16(15)6-2)18(4)13-8-7-10-14(18)3/h7-14H,5-6H2,1-4H3. The summed E-state index contributed by atoms with van der Waals surface area (Å²) in [6.07, 6.45) is 11.3. The maximum atomic E-state index is 2.37. The largest absolute Gasteiger partial charge is 0.0805 e. The Morgan fingerprint density at radius 2 is 1.89 bits per heavy atom. The van der Waals surface area contributed by atoms with Crippen LogP contribution in [-0.2, 0) is 18.3 Å². The van der Waals surface area contributed by atoms with Gasteiger partial charge in [-0.05, 0) is 35.4 Å². The molecule has 2 unspecified atom stereocenters. The molecule has 0 N–H and O–H groups in total. The average Bonchev–Trinajstić information content (AvgIpc) is 2.41. The molecule has 96 valence electrons. The predicted molar refractivity (Wildman–Crippen MR) is 80.0 cm³/mol. The summed E-state index contributed by atoms with van der Waals surface area (Å²) in [5, 5.41) is 0. The molecule has 18 heavy (non-hydrogen) atoms. The molecule has 0 aromatic heterocycles. The Balaban J connectivity index is 2.57. The number of hydrogen-bond donors (Lipinski definition) is 0. The van der Waals surface area contributed by atoms with Crippen LogP contribution in [0.2, 0.25) is 0 Å². The number of rotatable bonds is 3. The third kappa shape index (κ3) is 2.05. The van der Waals surface area contributed by atoms with Crippen LogP contribution in [0.1, 0.15) is 44.4 Å². The molecule has 0 bridgehead atoms. The quantitative estimate of drug-likeness (QED) is 0.709. The first-order valence-electron chi connectivity index (χ1n) is 7.10. The van der Waals surface area contributed by atoms with Crippen LogP contribution < -0.4 is 0 Å². The fourth-order valence-electron chi connectivity index (χ4n) is 3.06. The topological polar surface area (TPSA) is 0 Å². The van der Waals surface area contributed by atoms with Crippen LogP contribution in [0.5, 0.6) is 0 Å². The third-order valence-electron chi connectivity index (χ3n) is 4.49. The van der Waals surface area contributed by atoms with Gasteiger partial charge in [-0.3, -0.25) is 0 Å². The van der Waals surface area contributed by atoms with Gasteiger partial charge < -0.3 is 0 Å². The van der Waals surface area contributed by atoms with Crippen molar-refractivity contribution in [2.75, 3.05) is 0 Å². The number of aryl methyl sites for hydroxylation is 1. The van der Waals surface area contributed by atoms with Gasteiger partial charge in [0.2, 0.25) is 0 Å². The summed E-state index contributed by atoms with van der Waals surface area (Å²) < 4.78 is 0. The lowest BCUT2D eigenvalue weighted by Crippen LogP contribution is -2.29. The van der Waals surface area contributed by atoms with E-state index in [1.165, 1.54) is 11.1 Å². The zero-order valence-corrected chi connectivity index (χ0v) is 12.0. The molecule has 0 saturated heterocycles. The third-order valence-corrected chi connectivity index (χ3v) is 4.49. The fourth-order valence-corrected chi connectivity index (χ4v) is 3.06. The fraction of sp³-hybridized carbons (Fsp3) is 0.444. The van der Waals surface area contributed by atoms with Crippen LogP contribution in [0.25, 0.3) is 0 Å². The lowest BCUT2D eigenvalue weighted by molar-refractivity contribution is 0.453. The second kappa shape index (κ2) is 5.14. The van der Waals surface area contributed by atoms with E-state index in [-0.39, 0.29) is 5.41 Å². The second-order valence-corrected chi connectivity index (χ2v) is 5.47. The summed E-state index contributed by atoms with van der Waals surface area (Å²) in [5.41, 5.74) is 4.71. The Morgan fingerprint density at radius 3 is 2.50 bits per heavy atom. The van der Waals surface area contributed by atoms with Crippen molar-refractivity contribution in [3.05, 3.63) is 59.2 Å². The van der Waals surface area contributed by atoms with E-state index >= 15 is 0 Å². The lowest BCUT2D eigenvalue weighted by Gasteiger charge is -2.36.